The molecular formula is C14H26N2O. The normalized spacial score (nSPS) is 33.6. The molecule has 0 aromatic rings. The van der Waals surface area contributed by atoms with Crippen LogP contribution in [0.2, 0.25) is 0 Å². The first-order valence-electron chi connectivity index (χ1n) is 7.13. The zero-order valence-electron chi connectivity index (χ0n) is 11.5. The van der Waals surface area contributed by atoms with Gasteiger partial charge >= 0.3 is 0 Å². The zero-order chi connectivity index (χ0) is 12.5. The standard InChI is InChI=1S/C14H26N2O/c1-4-14(7-5-8-15-14)13(17)16-9-6-12(10-16)11(2)3/h11-12,15H,4-10H2,1-3H3. The van der Waals surface area contributed by atoms with Crippen molar-refractivity contribution < 1.29 is 4.79 Å². The Bertz CT molecular complexity index is 282. The number of rotatable bonds is 3. The third-order valence-corrected chi connectivity index (χ3v) is 4.71. The van der Waals surface area contributed by atoms with E-state index in [-0.39, 0.29) is 5.54 Å². The van der Waals surface area contributed by atoms with Crippen LogP contribution in [0.1, 0.15) is 46.5 Å². The Morgan fingerprint density at radius 2 is 2.29 bits per heavy atom. The first-order valence-corrected chi connectivity index (χ1v) is 7.13. The fraction of sp³-hybridized carbons (Fsp3) is 0.929. The van der Waals surface area contributed by atoms with Gasteiger partial charge in [-0.2, -0.15) is 0 Å². The van der Waals surface area contributed by atoms with E-state index in [1.165, 1.54) is 6.42 Å². The summed E-state index contributed by atoms with van der Waals surface area (Å²) in [7, 11) is 0. The summed E-state index contributed by atoms with van der Waals surface area (Å²) in [6.07, 6.45) is 4.27. The predicted octanol–water partition coefficient (Wildman–Crippen LogP) is 2.02. The number of nitrogens with one attached hydrogen (secondary N) is 1. The van der Waals surface area contributed by atoms with Crippen molar-refractivity contribution in [3.63, 3.8) is 0 Å². The van der Waals surface area contributed by atoms with Gasteiger partial charge in [-0.1, -0.05) is 20.8 Å². The Hall–Kier alpha value is -0.570. The summed E-state index contributed by atoms with van der Waals surface area (Å²) in [5.74, 6) is 1.76. The first-order chi connectivity index (χ1) is 8.09. The Labute approximate surface area is 105 Å². The number of likely N-dealkylation sites (tertiary alicyclic amines) is 1. The Morgan fingerprint density at radius 3 is 2.76 bits per heavy atom. The van der Waals surface area contributed by atoms with Gasteiger partial charge < -0.3 is 10.2 Å². The Balaban J connectivity index is 2.01. The highest BCUT2D eigenvalue weighted by Crippen LogP contribution is 2.30. The lowest BCUT2D eigenvalue weighted by atomic mass is 9.92. The molecule has 0 spiro atoms. The van der Waals surface area contributed by atoms with Crippen molar-refractivity contribution in [1.29, 1.82) is 0 Å². The van der Waals surface area contributed by atoms with E-state index in [1.54, 1.807) is 0 Å². The van der Waals surface area contributed by atoms with Crippen molar-refractivity contribution in [3.05, 3.63) is 0 Å². The summed E-state index contributed by atoms with van der Waals surface area (Å²) in [4.78, 5) is 14.7. The molecule has 0 radical (unpaired) electrons. The van der Waals surface area contributed by atoms with Crippen LogP contribution >= 0.6 is 0 Å². The molecule has 0 aromatic carbocycles. The van der Waals surface area contributed by atoms with Crippen LogP contribution in [0.3, 0.4) is 0 Å². The highest BCUT2D eigenvalue weighted by atomic mass is 16.2. The molecule has 0 bridgehead atoms. The van der Waals surface area contributed by atoms with E-state index in [2.05, 4.69) is 31.0 Å². The van der Waals surface area contributed by atoms with Gasteiger partial charge in [0.15, 0.2) is 0 Å². The van der Waals surface area contributed by atoms with Gasteiger partial charge in [-0.05, 0) is 44.1 Å². The summed E-state index contributed by atoms with van der Waals surface area (Å²) in [5.41, 5.74) is -0.230. The second kappa shape index (κ2) is 4.97. The minimum atomic E-state index is -0.230. The quantitative estimate of drug-likeness (QED) is 0.816. The number of nitrogens with zero attached hydrogens (tertiary/aromatic N) is 1. The number of carbonyl (C=O) groups is 1. The van der Waals surface area contributed by atoms with Crippen molar-refractivity contribution in [3.8, 4) is 0 Å². The van der Waals surface area contributed by atoms with Crippen LogP contribution in [0.25, 0.3) is 0 Å². The van der Waals surface area contributed by atoms with E-state index in [1.807, 2.05) is 0 Å². The zero-order valence-corrected chi connectivity index (χ0v) is 11.5. The molecule has 3 nitrogen and oxygen atoms in total. The van der Waals surface area contributed by atoms with Crippen molar-refractivity contribution in [2.45, 2.75) is 52.0 Å². The third-order valence-electron chi connectivity index (χ3n) is 4.71. The summed E-state index contributed by atoms with van der Waals surface area (Å²) >= 11 is 0. The van der Waals surface area contributed by atoms with Gasteiger partial charge in [0.05, 0.1) is 5.54 Å². The molecule has 1 N–H and O–H groups in total. The van der Waals surface area contributed by atoms with Crippen LogP contribution in [0, 0.1) is 11.8 Å². The average molecular weight is 238 g/mol. The molecule has 2 unspecified atom stereocenters. The molecule has 2 heterocycles. The monoisotopic (exact) mass is 238 g/mol. The van der Waals surface area contributed by atoms with Crippen LogP contribution in [0.4, 0.5) is 0 Å². The van der Waals surface area contributed by atoms with Crippen LogP contribution in [-0.4, -0.2) is 36.0 Å². The summed E-state index contributed by atoms with van der Waals surface area (Å²) in [6, 6.07) is 0. The van der Waals surface area contributed by atoms with E-state index >= 15 is 0 Å². The Morgan fingerprint density at radius 1 is 1.53 bits per heavy atom. The molecule has 2 aliphatic rings. The highest BCUT2D eigenvalue weighted by molar-refractivity contribution is 5.87. The fourth-order valence-electron chi connectivity index (χ4n) is 3.26. The minimum absolute atomic E-state index is 0.230. The molecule has 0 aromatic heterocycles. The summed E-state index contributed by atoms with van der Waals surface area (Å²) in [5, 5.41) is 3.45. The third kappa shape index (κ3) is 2.35. The minimum Gasteiger partial charge on any atom is -0.341 e. The van der Waals surface area contributed by atoms with Crippen LogP contribution in [0.5, 0.6) is 0 Å². The summed E-state index contributed by atoms with van der Waals surface area (Å²) in [6.45, 7) is 9.60. The predicted molar refractivity (Wildman–Crippen MR) is 69.8 cm³/mol. The van der Waals surface area contributed by atoms with Gasteiger partial charge in [0.2, 0.25) is 5.91 Å². The van der Waals surface area contributed by atoms with Crippen molar-refractivity contribution >= 4 is 5.91 Å². The lowest BCUT2D eigenvalue weighted by Gasteiger charge is -2.32. The maximum Gasteiger partial charge on any atom is 0.242 e. The maximum atomic E-state index is 12.6. The molecule has 2 saturated heterocycles. The van der Waals surface area contributed by atoms with E-state index in [4.69, 9.17) is 0 Å². The van der Waals surface area contributed by atoms with E-state index in [9.17, 15) is 4.79 Å². The number of hydrogen-bond acceptors (Lipinski definition) is 2. The molecule has 1 amide bonds. The van der Waals surface area contributed by atoms with Crippen LogP contribution in [-0.2, 0) is 4.79 Å². The van der Waals surface area contributed by atoms with Gasteiger partial charge in [0, 0.05) is 13.1 Å². The second-order valence-electron chi connectivity index (χ2n) is 6.01. The molecule has 17 heavy (non-hydrogen) atoms. The molecule has 3 heteroatoms. The van der Waals surface area contributed by atoms with Gasteiger partial charge in [0.25, 0.3) is 0 Å². The highest BCUT2D eigenvalue weighted by Gasteiger charge is 2.43. The van der Waals surface area contributed by atoms with Crippen molar-refractivity contribution in [2.24, 2.45) is 11.8 Å². The van der Waals surface area contributed by atoms with Gasteiger partial charge in [0.1, 0.15) is 0 Å². The fourth-order valence-corrected chi connectivity index (χ4v) is 3.26. The molecule has 2 atom stereocenters. The molecule has 0 aliphatic carbocycles. The van der Waals surface area contributed by atoms with Gasteiger partial charge in [-0.25, -0.2) is 0 Å². The van der Waals surface area contributed by atoms with Gasteiger partial charge in [-0.3, -0.25) is 4.79 Å². The topological polar surface area (TPSA) is 32.3 Å². The van der Waals surface area contributed by atoms with E-state index < -0.39 is 0 Å². The maximum absolute atomic E-state index is 12.6. The Kier molecular flexibility index (Phi) is 3.76. The first kappa shape index (κ1) is 12.9. The number of amides is 1. The summed E-state index contributed by atoms with van der Waals surface area (Å²) < 4.78 is 0. The largest absolute Gasteiger partial charge is 0.341 e. The molecule has 2 rings (SSSR count). The average Bonchev–Trinajstić information content (AvgIpc) is 2.98. The molecule has 98 valence electrons. The number of carbonyl (C=O) groups excluding carboxylic acids is 1. The molecular weight excluding hydrogens is 212 g/mol. The van der Waals surface area contributed by atoms with Gasteiger partial charge in [-0.15, -0.1) is 0 Å². The van der Waals surface area contributed by atoms with Crippen molar-refractivity contribution in [1.82, 2.24) is 10.2 Å². The lowest BCUT2D eigenvalue weighted by Crippen LogP contribution is -2.54. The SMILES string of the molecule is CCC1(C(=O)N2CCC(C(C)C)C2)CCCN1. The number of hydrogen-bond donors (Lipinski definition) is 1. The van der Waals surface area contributed by atoms with E-state index in [0.717, 1.165) is 38.9 Å². The molecule has 2 aliphatic heterocycles. The van der Waals surface area contributed by atoms with Crippen molar-refractivity contribution in [2.75, 3.05) is 19.6 Å². The lowest BCUT2D eigenvalue weighted by molar-refractivity contribution is -0.137. The molecule has 2 fully saturated rings. The smallest absolute Gasteiger partial charge is 0.242 e. The molecule has 0 saturated carbocycles. The van der Waals surface area contributed by atoms with Crippen LogP contribution in [0.15, 0.2) is 0 Å². The van der Waals surface area contributed by atoms with Crippen LogP contribution < -0.4 is 5.32 Å². The van der Waals surface area contributed by atoms with E-state index in [0.29, 0.717) is 17.7 Å². The second-order valence-corrected chi connectivity index (χ2v) is 6.01.